The second-order valence-electron chi connectivity index (χ2n) is 21.3. The minimum absolute atomic E-state index is 0.00839. The van der Waals surface area contributed by atoms with Gasteiger partial charge in [-0.05, 0) is 0 Å². The Balaban J connectivity index is 1.65. The molecule has 6 aromatic rings. The summed E-state index contributed by atoms with van der Waals surface area (Å²) in [6, 6.07) is 40.6. The average Bonchev–Trinajstić information content (AvgIpc) is 3.81. The van der Waals surface area contributed by atoms with E-state index in [1.807, 2.05) is 0 Å². The van der Waals surface area contributed by atoms with Gasteiger partial charge in [0.1, 0.15) is 0 Å². The summed E-state index contributed by atoms with van der Waals surface area (Å²) >= 11 is -5.26. The Kier molecular flexibility index (Phi) is 8.89. The fourth-order valence-electron chi connectivity index (χ4n) is 10.5. The van der Waals surface area contributed by atoms with Gasteiger partial charge in [0.15, 0.2) is 0 Å². The fourth-order valence-corrected chi connectivity index (χ4v) is 27.2. The zero-order chi connectivity index (χ0) is 40.2. The quantitative estimate of drug-likeness (QED) is 0.166. The van der Waals surface area contributed by atoms with Crippen molar-refractivity contribution >= 4 is 35.6 Å². The van der Waals surface area contributed by atoms with Crippen molar-refractivity contribution in [1.29, 1.82) is 0 Å². The first-order valence-electron chi connectivity index (χ1n) is 20.9. The van der Waals surface area contributed by atoms with Gasteiger partial charge >= 0.3 is 341 Å². The van der Waals surface area contributed by atoms with Gasteiger partial charge < -0.3 is 0 Å². The van der Waals surface area contributed by atoms with E-state index in [1.165, 1.54) is 75.9 Å². The van der Waals surface area contributed by atoms with Crippen LogP contribution in [-0.4, -0.2) is 4.21 Å². The fraction of sp³-hybridized carbons (Fsp3) is 0.327. The zero-order valence-corrected chi connectivity index (χ0v) is 38.6. The van der Waals surface area contributed by atoms with Gasteiger partial charge in [-0.15, -0.1) is 0 Å². The minimum atomic E-state index is -5.26. The van der Waals surface area contributed by atoms with Crippen LogP contribution in [0.4, 0.5) is 0 Å². The topological polar surface area (TPSA) is 0 Å². The van der Waals surface area contributed by atoms with E-state index in [4.69, 9.17) is 4.21 Å². The molecule has 6 aromatic carbocycles. The molecule has 56 heavy (non-hydrogen) atoms. The molecule has 0 radical (unpaired) electrons. The van der Waals surface area contributed by atoms with Gasteiger partial charge in [-0.2, -0.15) is 0 Å². The van der Waals surface area contributed by atoms with Crippen LogP contribution in [0.1, 0.15) is 123 Å². The van der Waals surface area contributed by atoms with Crippen molar-refractivity contribution in [3.05, 3.63) is 158 Å². The number of allylic oxidation sites excluding steroid dienone is 4. The van der Waals surface area contributed by atoms with Crippen molar-refractivity contribution in [2.24, 2.45) is 0 Å². The third-order valence-electron chi connectivity index (χ3n) is 13.3. The summed E-state index contributed by atoms with van der Waals surface area (Å²) in [5.74, 6) is 0. The van der Waals surface area contributed by atoms with E-state index in [2.05, 4.69) is 204 Å². The Morgan fingerprint density at radius 3 is 1.45 bits per heavy atom. The van der Waals surface area contributed by atoms with Gasteiger partial charge in [0.25, 0.3) is 0 Å². The second-order valence-corrected chi connectivity index (χ2v) is 34.1. The van der Waals surface area contributed by atoms with Gasteiger partial charge in [-0.1, -0.05) is 0 Å². The van der Waals surface area contributed by atoms with E-state index < -0.39 is 18.3 Å². The standard InChI is InChI=1S/C29H41.2C10H7.C5H5.CH2.Zr/c1-26(2,3)22-14-18-13-19-15-23(27(4,5)6)25(29(10,11)12)17-21(19)20(18)16-24(22)28(7,8)9;2*1-2-6-10-8-4-3-7-9(10)5-1;1-2-4-5-3-1;;/h14,16-17H,13H2,1-12H3;2*1-3,5-8H;1-3H,4H2;1H2;. The Hall–Kier alpha value is -3.93. The number of hydrogen-bond acceptors (Lipinski definition) is 0. The molecule has 0 atom stereocenters. The van der Waals surface area contributed by atoms with Crippen LogP contribution in [0.3, 0.4) is 0 Å². The third kappa shape index (κ3) is 5.89. The monoisotopic (exact) mass is 812 g/mol. The molecule has 1 heteroatoms. The molecule has 0 N–H and O–H groups in total. The average molecular weight is 814 g/mol. The summed E-state index contributed by atoms with van der Waals surface area (Å²) in [6.45, 7) is 29.0. The van der Waals surface area contributed by atoms with Crippen LogP contribution in [0.2, 0.25) is 0 Å². The molecule has 0 amide bonds. The second kappa shape index (κ2) is 12.8. The molecule has 8 rings (SSSR count). The van der Waals surface area contributed by atoms with E-state index in [9.17, 15) is 0 Å². The van der Waals surface area contributed by atoms with Gasteiger partial charge in [0, 0.05) is 0 Å². The molecule has 0 heterocycles. The van der Waals surface area contributed by atoms with Gasteiger partial charge in [0.2, 0.25) is 0 Å². The summed E-state index contributed by atoms with van der Waals surface area (Å²) < 4.78 is 12.0. The third-order valence-corrected chi connectivity index (χ3v) is 29.6. The van der Waals surface area contributed by atoms with E-state index in [1.54, 1.807) is 3.27 Å². The summed E-state index contributed by atoms with van der Waals surface area (Å²) in [7, 11) is 0. The van der Waals surface area contributed by atoms with Crippen molar-refractivity contribution in [2.45, 2.75) is 118 Å². The first-order chi connectivity index (χ1) is 26.1. The van der Waals surface area contributed by atoms with E-state index in [0.29, 0.717) is 0 Å². The summed E-state index contributed by atoms with van der Waals surface area (Å²) in [5.41, 5.74) is 11.5. The predicted molar refractivity (Wildman–Crippen MR) is 245 cm³/mol. The van der Waals surface area contributed by atoms with Crippen LogP contribution in [0, 0.1) is 0 Å². The number of benzene rings is 6. The molecule has 0 saturated heterocycles. The maximum absolute atomic E-state index is 6.06. The molecule has 0 bridgehead atoms. The SMILES string of the molecule is [CH2]=[Zr]([C]1=CC=CC1)([c]1ccc2ccccc2c1)([c]1ccc2ccccc2c1)[c]1c2c(cc(C(C)(C)C)c1C(C)(C)C)-c1cc(C(C)(C)C)c(C(C)(C)C)cc1C2. The van der Waals surface area contributed by atoms with Crippen molar-refractivity contribution in [3.63, 3.8) is 0 Å². The molecule has 0 aliphatic heterocycles. The molecular formula is C55H62Zr. The van der Waals surface area contributed by atoms with Crippen molar-refractivity contribution in [1.82, 2.24) is 0 Å². The first-order valence-corrected chi connectivity index (χ1v) is 27.5. The van der Waals surface area contributed by atoms with E-state index in [-0.39, 0.29) is 21.7 Å². The van der Waals surface area contributed by atoms with Crippen LogP contribution >= 0.6 is 0 Å². The summed E-state index contributed by atoms with van der Waals surface area (Å²) in [5, 5.41) is 5.13. The zero-order valence-electron chi connectivity index (χ0n) is 36.2. The molecule has 0 fully saturated rings. The van der Waals surface area contributed by atoms with Gasteiger partial charge in [-0.25, -0.2) is 0 Å². The van der Waals surface area contributed by atoms with Crippen LogP contribution < -0.4 is 9.81 Å². The number of fused-ring (bicyclic) bond motifs is 5. The molecule has 0 spiro atoms. The number of hydrogen-bond donors (Lipinski definition) is 0. The normalized spacial score (nSPS) is 15.1. The Bertz CT molecular complexity index is 2630. The van der Waals surface area contributed by atoms with Crippen LogP contribution in [0.25, 0.3) is 32.7 Å². The molecule has 0 nitrogen and oxygen atoms in total. The summed E-state index contributed by atoms with van der Waals surface area (Å²) in [4.78, 5) is 0. The van der Waals surface area contributed by atoms with E-state index in [0.717, 1.165) is 12.8 Å². The van der Waals surface area contributed by atoms with Crippen molar-refractivity contribution < 1.29 is 18.3 Å². The van der Waals surface area contributed by atoms with Crippen LogP contribution in [0.15, 0.2) is 125 Å². The molecule has 2 aliphatic rings. The molecule has 0 unspecified atom stereocenters. The predicted octanol–water partition coefficient (Wildman–Crippen LogP) is 13.0. The molecule has 0 aromatic heterocycles. The Morgan fingerprint density at radius 2 is 0.982 bits per heavy atom. The molecular weight excluding hydrogens is 752 g/mol. The molecule has 0 saturated carbocycles. The maximum atomic E-state index is 6.06. The molecule has 286 valence electrons. The Morgan fingerprint density at radius 1 is 0.500 bits per heavy atom. The Labute approximate surface area is 338 Å². The van der Waals surface area contributed by atoms with Crippen molar-refractivity contribution in [2.75, 3.05) is 0 Å². The molecule has 2 aliphatic carbocycles. The van der Waals surface area contributed by atoms with Crippen LogP contribution in [0.5, 0.6) is 0 Å². The van der Waals surface area contributed by atoms with E-state index >= 15 is 0 Å². The summed E-state index contributed by atoms with van der Waals surface area (Å²) in [6.07, 6.45) is 9.04. The van der Waals surface area contributed by atoms with Crippen molar-refractivity contribution in [3.8, 4) is 11.1 Å². The van der Waals surface area contributed by atoms with Gasteiger partial charge in [-0.3, -0.25) is 0 Å². The van der Waals surface area contributed by atoms with Crippen LogP contribution in [-0.2, 0) is 46.4 Å². The number of rotatable bonds is 4. The van der Waals surface area contributed by atoms with Gasteiger partial charge in [0.05, 0.1) is 0 Å². The first kappa shape index (κ1) is 38.9.